The Balaban J connectivity index is 2.39. The van der Waals surface area contributed by atoms with Gasteiger partial charge in [-0.05, 0) is 11.6 Å². The van der Waals surface area contributed by atoms with Crippen LogP contribution in [0.5, 0.6) is 0 Å². The van der Waals surface area contributed by atoms with Gasteiger partial charge in [-0.25, -0.2) is 0 Å². The van der Waals surface area contributed by atoms with Crippen LogP contribution in [0.25, 0.3) is 5.57 Å². The van der Waals surface area contributed by atoms with Gasteiger partial charge in [0.2, 0.25) is 0 Å². The highest BCUT2D eigenvalue weighted by Gasteiger charge is 2.47. The van der Waals surface area contributed by atoms with Crippen molar-refractivity contribution in [2.24, 2.45) is 0 Å². The minimum Gasteiger partial charge on any atom is -0.395 e. The van der Waals surface area contributed by atoms with Crippen LogP contribution >= 0.6 is 12.6 Å². The SMILES string of the molecule is C=C(C(=O)N1CCN(CCO)CC1)c1ccc(S)c(C(F)(F)F)c1C(F)(F)F. The van der Waals surface area contributed by atoms with Gasteiger partial charge in [0.05, 0.1) is 17.7 Å². The maximum absolute atomic E-state index is 13.5. The van der Waals surface area contributed by atoms with Crippen LogP contribution in [0.1, 0.15) is 16.7 Å². The van der Waals surface area contributed by atoms with Crippen molar-refractivity contribution >= 4 is 24.1 Å². The number of aliphatic hydroxyl groups excluding tert-OH is 1. The summed E-state index contributed by atoms with van der Waals surface area (Å²) in [5.41, 5.74) is -5.49. The van der Waals surface area contributed by atoms with E-state index in [1.165, 1.54) is 4.90 Å². The van der Waals surface area contributed by atoms with Gasteiger partial charge in [-0.15, -0.1) is 12.6 Å². The maximum Gasteiger partial charge on any atom is 0.418 e. The van der Waals surface area contributed by atoms with Crippen LogP contribution in [0.2, 0.25) is 0 Å². The summed E-state index contributed by atoms with van der Waals surface area (Å²) in [4.78, 5) is 14.8. The molecule has 156 valence electrons. The summed E-state index contributed by atoms with van der Waals surface area (Å²) in [6.07, 6.45) is -10.7. The molecule has 0 aliphatic carbocycles. The van der Waals surface area contributed by atoms with E-state index in [-0.39, 0.29) is 19.7 Å². The summed E-state index contributed by atoms with van der Waals surface area (Å²) in [5, 5.41) is 8.91. The Labute approximate surface area is 162 Å². The van der Waals surface area contributed by atoms with E-state index in [1.807, 2.05) is 4.90 Å². The largest absolute Gasteiger partial charge is 0.418 e. The number of rotatable bonds is 4. The van der Waals surface area contributed by atoms with Crippen molar-refractivity contribution in [3.63, 3.8) is 0 Å². The zero-order valence-corrected chi connectivity index (χ0v) is 15.5. The van der Waals surface area contributed by atoms with Crippen LogP contribution in [0.3, 0.4) is 0 Å². The lowest BCUT2D eigenvalue weighted by molar-refractivity contribution is -0.163. The molecule has 0 aromatic heterocycles. The van der Waals surface area contributed by atoms with Crippen LogP contribution < -0.4 is 0 Å². The number of hydrogen-bond acceptors (Lipinski definition) is 4. The van der Waals surface area contributed by atoms with E-state index in [1.54, 1.807) is 0 Å². The van der Waals surface area contributed by atoms with Gasteiger partial charge in [-0.3, -0.25) is 9.69 Å². The predicted octanol–water partition coefficient (Wildman–Crippen LogP) is 3.16. The first-order valence-corrected chi connectivity index (χ1v) is 8.64. The lowest BCUT2D eigenvalue weighted by Gasteiger charge is -2.35. The molecule has 11 heteroatoms. The molecule has 0 saturated carbocycles. The number of alkyl halides is 6. The molecule has 1 heterocycles. The number of aliphatic hydroxyl groups is 1. The number of hydrogen-bond donors (Lipinski definition) is 2. The van der Waals surface area contributed by atoms with E-state index < -0.39 is 45.4 Å². The standard InChI is InChI=1S/C17H18F6N2O2S/c1-10(15(27)25-6-4-24(5-7-25)8-9-26)11-2-3-12(28)14(17(21,22)23)13(11)16(18,19)20/h2-3,26,28H,1,4-9H2. The van der Waals surface area contributed by atoms with Gasteiger partial charge >= 0.3 is 12.4 Å². The molecule has 0 radical (unpaired) electrons. The van der Waals surface area contributed by atoms with Crippen LogP contribution in [0.4, 0.5) is 26.3 Å². The van der Waals surface area contributed by atoms with Crippen molar-refractivity contribution in [3.8, 4) is 0 Å². The second-order valence-electron chi connectivity index (χ2n) is 6.21. The maximum atomic E-state index is 13.5. The number of benzene rings is 1. The molecule has 1 aliphatic rings. The normalized spacial score (nSPS) is 16.4. The molecule has 0 atom stereocenters. The average molecular weight is 428 g/mol. The summed E-state index contributed by atoms with van der Waals surface area (Å²) < 4.78 is 80.2. The number of β-amino-alcohol motifs (C(OH)–C–C–N with tert-alkyl or cyclic N) is 1. The molecule has 28 heavy (non-hydrogen) atoms. The fraction of sp³-hybridized carbons (Fsp3) is 0.471. The van der Waals surface area contributed by atoms with Crippen molar-refractivity contribution < 1.29 is 36.2 Å². The van der Waals surface area contributed by atoms with Gasteiger partial charge in [0.1, 0.15) is 0 Å². The first-order valence-electron chi connectivity index (χ1n) is 8.20. The Hall–Kier alpha value is -1.72. The molecule has 1 aromatic rings. The predicted molar refractivity (Wildman–Crippen MR) is 92.8 cm³/mol. The van der Waals surface area contributed by atoms with Gasteiger partial charge in [0.15, 0.2) is 0 Å². The van der Waals surface area contributed by atoms with E-state index >= 15 is 0 Å². The highest BCUT2D eigenvalue weighted by Crippen LogP contribution is 2.46. The summed E-state index contributed by atoms with van der Waals surface area (Å²) in [6, 6.07) is 1.55. The van der Waals surface area contributed by atoms with Crippen LogP contribution in [0.15, 0.2) is 23.6 Å². The minimum atomic E-state index is -5.36. The van der Waals surface area contributed by atoms with Crippen molar-refractivity contribution in [2.75, 3.05) is 39.3 Å². The molecular formula is C17H18F6N2O2S. The lowest BCUT2D eigenvalue weighted by Crippen LogP contribution is -2.49. The van der Waals surface area contributed by atoms with Gasteiger partial charge < -0.3 is 10.0 Å². The Kier molecular flexibility index (Phi) is 6.72. The molecule has 2 rings (SSSR count). The Bertz CT molecular complexity index is 755. The van der Waals surface area contributed by atoms with Crippen LogP contribution in [-0.2, 0) is 17.1 Å². The molecule has 1 fully saturated rings. The van der Waals surface area contributed by atoms with Crippen molar-refractivity contribution in [1.29, 1.82) is 0 Å². The summed E-state index contributed by atoms with van der Waals surface area (Å²) in [6.45, 7) is 4.75. The molecule has 0 unspecified atom stereocenters. The van der Waals surface area contributed by atoms with E-state index in [2.05, 4.69) is 19.2 Å². The van der Waals surface area contributed by atoms with E-state index in [4.69, 9.17) is 5.11 Å². The molecule has 1 amide bonds. The summed E-state index contributed by atoms with van der Waals surface area (Å²) in [7, 11) is 0. The fourth-order valence-electron chi connectivity index (χ4n) is 3.05. The highest BCUT2D eigenvalue weighted by molar-refractivity contribution is 7.80. The number of amides is 1. The third-order valence-electron chi connectivity index (χ3n) is 4.41. The molecule has 1 aromatic carbocycles. The quantitative estimate of drug-likeness (QED) is 0.440. The molecule has 0 spiro atoms. The molecule has 1 N–H and O–H groups in total. The molecule has 1 saturated heterocycles. The fourth-order valence-corrected chi connectivity index (χ4v) is 3.36. The van der Waals surface area contributed by atoms with Crippen molar-refractivity contribution in [1.82, 2.24) is 9.80 Å². The van der Waals surface area contributed by atoms with E-state index in [0.717, 1.165) is 12.1 Å². The minimum absolute atomic E-state index is 0.0775. The van der Waals surface area contributed by atoms with E-state index in [9.17, 15) is 31.1 Å². The second kappa shape index (κ2) is 8.34. The Morgan fingerprint density at radius 1 is 1.04 bits per heavy atom. The van der Waals surface area contributed by atoms with Gasteiger partial charge in [-0.2, -0.15) is 26.3 Å². The summed E-state index contributed by atoms with van der Waals surface area (Å²) >= 11 is 3.52. The second-order valence-corrected chi connectivity index (χ2v) is 6.70. The third-order valence-corrected chi connectivity index (χ3v) is 4.78. The monoisotopic (exact) mass is 428 g/mol. The van der Waals surface area contributed by atoms with Crippen molar-refractivity contribution in [3.05, 3.63) is 35.4 Å². The topological polar surface area (TPSA) is 43.8 Å². The molecule has 0 bridgehead atoms. The average Bonchev–Trinajstić information content (AvgIpc) is 2.59. The number of carbonyl (C=O) groups excluding carboxylic acids is 1. The van der Waals surface area contributed by atoms with Crippen molar-refractivity contribution in [2.45, 2.75) is 17.2 Å². The Morgan fingerprint density at radius 3 is 2.04 bits per heavy atom. The first kappa shape index (κ1) is 22.6. The number of halogens is 6. The van der Waals surface area contributed by atoms with Gasteiger partial charge in [0.25, 0.3) is 5.91 Å². The van der Waals surface area contributed by atoms with Gasteiger partial charge in [-0.1, -0.05) is 12.6 Å². The molecule has 1 aliphatic heterocycles. The molecule has 4 nitrogen and oxygen atoms in total. The highest BCUT2D eigenvalue weighted by atomic mass is 32.1. The number of carbonyl (C=O) groups is 1. The first-order chi connectivity index (χ1) is 12.9. The molecular weight excluding hydrogens is 410 g/mol. The zero-order valence-electron chi connectivity index (χ0n) is 14.6. The smallest absolute Gasteiger partial charge is 0.395 e. The Morgan fingerprint density at radius 2 is 1.57 bits per heavy atom. The third kappa shape index (κ3) is 4.81. The van der Waals surface area contributed by atoms with Gasteiger partial charge in [0, 0.05) is 43.2 Å². The zero-order chi connectivity index (χ0) is 21.3. The van der Waals surface area contributed by atoms with Crippen LogP contribution in [-0.4, -0.2) is 60.1 Å². The van der Waals surface area contributed by atoms with E-state index in [0.29, 0.717) is 19.6 Å². The number of thiol groups is 1. The number of piperazine rings is 1. The number of nitrogens with zero attached hydrogens (tertiary/aromatic N) is 2. The lowest BCUT2D eigenvalue weighted by atomic mass is 9.94. The van der Waals surface area contributed by atoms with Crippen LogP contribution in [0, 0.1) is 0 Å². The summed E-state index contributed by atoms with van der Waals surface area (Å²) in [5.74, 6) is -0.866.